The lowest BCUT2D eigenvalue weighted by Gasteiger charge is -2.31. The Kier molecular flexibility index (Phi) is 9.94. The largest absolute Gasteiger partial charge is 0.481 e. The zero-order valence-electron chi connectivity index (χ0n) is 14.0. The fourth-order valence-electron chi connectivity index (χ4n) is 2.79. The van der Waals surface area contributed by atoms with Crippen LogP contribution in [-0.2, 0) is 14.3 Å². The number of ether oxygens (including phenoxy) is 2. The molecule has 1 fully saturated rings. The first kappa shape index (κ1) is 19.0. The van der Waals surface area contributed by atoms with Gasteiger partial charge in [0.2, 0.25) is 0 Å². The van der Waals surface area contributed by atoms with Crippen molar-refractivity contribution in [2.75, 3.05) is 6.61 Å². The van der Waals surface area contributed by atoms with Gasteiger partial charge >= 0.3 is 5.97 Å². The van der Waals surface area contributed by atoms with Gasteiger partial charge in [0, 0.05) is 19.4 Å². The van der Waals surface area contributed by atoms with E-state index in [9.17, 15) is 4.79 Å². The van der Waals surface area contributed by atoms with Crippen LogP contribution < -0.4 is 0 Å². The van der Waals surface area contributed by atoms with Crippen LogP contribution in [0.25, 0.3) is 0 Å². The van der Waals surface area contributed by atoms with Crippen LogP contribution in [0.4, 0.5) is 0 Å². The van der Waals surface area contributed by atoms with E-state index in [4.69, 9.17) is 14.6 Å². The van der Waals surface area contributed by atoms with Crippen molar-refractivity contribution in [3.05, 3.63) is 0 Å². The van der Waals surface area contributed by atoms with Crippen molar-refractivity contribution in [2.45, 2.75) is 84.0 Å². The molecule has 0 amide bonds. The first-order chi connectivity index (χ1) is 10.7. The monoisotopic (exact) mass is 310 g/mol. The number of carboxylic acid groups (broad SMARTS) is 1. The van der Waals surface area contributed by atoms with Gasteiger partial charge in [-0.2, -0.15) is 0 Å². The molecule has 0 aromatic heterocycles. The molecule has 126 valence electrons. The zero-order valence-corrected chi connectivity index (χ0v) is 14.0. The predicted molar refractivity (Wildman–Crippen MR) is 86.4 cm³/mol. The summed E-state index contributed by atoms with van der Waals surface area (Å²) in [6.07, 6.45) is 7.75. The molecule has 4 nitrogen and oxygen atoms in total. The van der Waals surface area contributed by atoms with Gasteiger partial charge in [-0.3, -0.25) is 4.79 Å². The molecule has 1 aliphatic rings. The topological polar surface area (TPSA) is 55.8 Å². The highest BCUT2D eigenvalue weighted by Gasteiger charge is 2.24. The maximum Gasteiger partial charge on any atom is 0.304 e. The number of rotatable bonds is 9. The summed E-state index contributed by atoms with van der Waals surface area (Å²) in [5, 5.41) is 8.63. The number of hydrogen-bond donors (Lipinski definition) is 1. The van der Waals surface area contributed by atoms with Crippen LogP contribution in [-0.4, -0.2) is 30.1 Å². The van der Waals surface area contributed by atoms with Crippen molar-refractivity contribution >= 4 is 5.97 Å². The van der Waals surface area contributed by atoms with Crippen molar-refractivity contribution < 1.29 is 19.4 Å². The Balaban J connectivity index is 2.53. The Hall–Kier alpha value is -1.05. The minimum absolute atomic E-state index is 0.0883. The summed E-state index contributed by atoms with van der Waals surface area (Å²) in [5.41, 5.74) is 0. The molecule has 3 unspecified atom stereocenters. The molecule has 1 N–H and O–H groups in total. The third-order valence-electron chi connectivity index (χ3n) is 4.07. The van der Waals surface area contributed by atoms with Gasteiger partial charge in [0.05, 0.1) is 12.5 Å². The fourth-order valence-corrected chi connectivity index (χ4v) is 2.79. The van der Waals surface area contributed by atoms with Crippen molar-refractivity contribution in [2.24, 2.45) is 5.92 Å². The zero-order chi connectivity index (χ0) is 16.2. The molecule has 0 radical (unpaired) electrons. The van der Waals surface area contributed by atoms with Crippen LogP contribution in [0.2, 0.25) is 0 Å². The molecule has 4 heteroatoms. The van der Waals surface area contributed by atoms with E-state index in [1.54, 1.807) is 0 Å². The lowest BCUT2D eigenvalue weighted by Crippen LogP contribution is -2.32. The molecule has 0 saturated carbocycles. The third kappa shape index (κ3) is 7.82. The molecular weight excluding hydrogens is 280 g/mol. The number of carboxylic acids is 1. The average Bonchev–Trinajstić information content (AvgIpc) is 2.52. The first-order valence-corrected chi connectivity index (χ1v) is 8.61. The Labute approximate surface area is 134 Å². The van der Waals surface area contributed by atoms with Crippen molar-refractivity contribution in [3.63, 3.8) is 0 Å². The van der Waals surface area contributed by atoms with Crippen LogP contribution in [0, 0.1) is 17.8 Å². The molecule has 1 aliphatic heterocycles. The van der Waals surface area contributed by atoms with E-state index in [1.165, 1.54) is 0 Å². The van der Waals surface area contributed by atoms with E-state index in [2.05, 4.69) is 25.7 Å². The van der Waals surface area contributed by atoms with E-state index in [1.807, 2.05) is 0 Å². The minimum atomic E-state index is -0.796. The maximum atomic E-state index is 10.5. The lowest BCUT2D eigenvalue weighted by molar-refractivity contribution is -0.198. The van der Waals surface area contributed by atoms with Crippen molar-refractivity contribution in [3.8, 4) is 11.8 Å². The van der Waals surface area contributed by atoms with Crippen LogP contribution in [0.5, 0.6) is 0 Å². The predicted octanol–water partition coefficient (Wildman–Crippen LogP) is 3.98. The maximum absolute atomic E-state index is 10.5. The average molecular weight is 310 g/mol. The van der Waals surface area contributed by atoms with E-state index in [0.29, 0.717) is 18.8 Å². The van der Waals surface area contributed by atoms with Gasteiger partial charge in [0.1, 0.15) is 0 Å². The van der Waals surface area contributed by atoms with Crippen LogP contribution in [0.15, 0.2) is 0 Å². The molecule has 1 heterocycles. The fraction of sp³-hybridized carbons (Fsp3) is 0.833. The highest BCUT2D eigenvalue weighted by molar-refractivity contribution is 5.66. The van der Waals surface area contributed by atoms with Gasteiger partial charge in [-0.25, -0.2) is 0 Å². The summed E-state index contributed by atoms with van der Waals surface area (Å²) in [6, 6.07) is 0. The van der Waals surface area contributed by atoms with E-state index in [-0.39, 0.29) is 18.8 Å². The van der Waals surface area contributed by atoms with Gasteiger partial charge < -0.3 is 14.6 Å². The smallest absolute Gasteiger partial charge is 0.304 e. The van der Waals surface area contributed by atoms with E-state index in [0.717, 1.165) is 45.1 Å². The molecule has 0 bridgehead atoms. The molecule has 1 saturated heterocycles. The Morgan fingerprint density at radius 3 is 2.77 bits per heavy atom. The second-order valence-electron chi connectivity index (χ2n) is 5.88. The number of hydrogen-bond acceptors (Lipinski definition) is 3. The molecule has 3 atom stereocenters. The molecule has 0 aromatic rings. The summed E-state index contributed by atoms with van der Waals surface area (Å²) < 4.78 is 11.9. The highest BCUT2D eigenvalue weighted by Crippen LogP contribution is 2.25. The van der Waals surface area contributed by atoms with Crippen molar-refractivity contribution in [1.29, 1.82) is 0 Å². The van der Waals surface area contributed by atoms with E-state index < -0.39 is 5.97 Å². The summed E-state index contributed by atoms with van der Waals surface area (Å²) in [4.78, 5) is 10.5. The van der Waals surface area contributed by atoms with Gasteiger partial charge in [-0.15, -0.1) is 11.8 Å². The van der Waals surface area contributed by atoms with Crippen LogP contribution in [0.3, 0.4) is 0 Å². The third-order valence-corrected chi connectivity index (χ3v) is 4.07. The SMILES string of the molecule is CCCC(CC)C(CC#CCCC(=O)O)OC1CCCCO1. The van der Waals surface area contributed by atoms with Gasteiger partial charge in [0.15, 0.2) is 6.29 Å². The summed E-state index contributed by atoms with van der Waals surface area (Å²) in [5.74, 6) is 5.76. The molecule has 0 aromatic carbocycles. The van der Waals surface area contributed by atoms with E-state index >= 15 is 0 Å². The van der Waals surface area contributed by atoms with Gasteiger partial charge in [0.25, 0.3) is 0 Å². The number of aliphatic carboxylic acids is 1. The van der Waals surface area contributed by atoms with Crippen LogP contribution >= 0.6 is 0 Å². The van der Waals surface area contributed by atoms with Gasteiger partial charge in [-0.1, -0.05) is 26.7 Å². The quantitative estimate of drug-likeness (QED) is 0.654. The Morgan fingerprint density at radius 1 is 1.36 bits per heavy atom. The Morgan fingerprint density at radius 2 is 2.18 bits per heavy atom. The molecule has 0 aliphatic carbocycles. The lowest BCUT2D eigenvalue weighted by atomic mass is 9.92. The number of carbonyl (C=O) groups is 1. The molecule has 1 rings (SSSR count). The summed E-state index contributed by atoms with van der Waals surface area (Å²) in [7, 11) is 0. The Bertz CT molecular complexity index is 363. The second kappa shape index (κ2) is 11.5. The molecule has 22 heavy (non-hydrogen) atoms. The summed E-state index contributed by atoms with van der Waals surface area (Å²) in [6.45, 7) is 5.16. The second-order valence-corrected chi connectivity index (χ2v) is 5.88. The first-order valence-electron chi connectivity index (χ1n) is 8.61. The summed E-state index contributed by atoms with van der Waals surface area (Å²) >= 11 is 0. The minimum Gasteiger partial charge on any atom is -0.481 e. The molecular formula is C18H30O4. The van der Waals surface area contributed by atoms with Crippen LogP contribution in [0.1, 0.15) is 71.6 Å². The normalized spacial score (nSPS) is 20.7. The van der Waals surface area contributed by atoms with Gasteiger partial charge in [-0.05, 0) is 31.6 Å². The van der Waals surface area contributed by atoms with Crippen molar-refractivity contribution in [1.82, 2.24) is 0 Å². The molecule has 0 spiro atoms. The highest BCUT2D eigenvalue weighted by atomic mass is 16.7. The standard InChI is InChI=1S/C18H30O4/c1-3-10-15(4-2)16(11-6-5-7-12-17(19)20)22-18-13-8-9-14-21-18/h15-16,18H,3-4,7-14H2,1-2H3,(H,19,20).